The molecule has 0 saturated carbocycles. The second kappa shape index (κ2) is 8.46. The largest absolute Gasteiger partial charge is 0.354 e. The molecule has 29 heavy (non-hydrogen) atoms. The number of fused-ring (bicyclic) bond motifs is 4. The van der Waals surface area contributed by atoms with Crippen molar-refractivity contribution in [2.24, 2.45) is 24.8 Å². The molecule has 4 rings (SSSR count). The monoisotopic (exact) mass is 401 g/mol. The fraction of sp³-hybridized carbons (Fsp3) is 0.773. The van der Waals surface area contributed by atoms with E-state index in [4.69, 9.17) is 0 Å². The average Bonchev–Trinajstić information content (AvgIpc) is 3.06. The lowest BCUT2D eigenvalue weighted by atomic mass is 9.72. The van der Waals surface area contributed by atoms with Crippen LogP contribution < -0.4 is 5.32 Å². The number of nitrogens with zero attached hydrogens (tertiary/aromatic N) is 4. The molecule has 1 aromatic heterocycles. The van der Waals surface area contributed by atoms with Crippen LogP contribution in [0.5, 0.6) is 0 Å². The first-order valence-corrected chi connectivity index (χ1v) is 11.2. The third kappa shape index (κ3) is 4.34. The lowest BCUT2D eigenvalue weighted by molar-refractivity contribution is -0.153. The smallest absolute Gasteiger partial charge is 0.223 e. The molecule has 3 aliphatic heterocycles. The molecule has 0 radical (unpaired) electrons. The number of hydrogen-bond donors (Lipinski definition) is 1. The highest BCUT2D eigenvalue weighted by Crippen LogP contribution is 2.41. The third-order valence-corrected chi connectivity index (χ3v) is 6.96. The Morgan fingerprint density at radius 3 is 2.83 bits per heavy atom. The minimum Gasteiger partial charge on any atom is -0.354 e. The zero-order valence-corrected chi connectivity index (χ0v) is 18.0. The van der Waals surface area contributed by atoms with Crippen molar-refractivity contribution < 1.29 is 9.59 Å². The number of imidazole rings is 1. The van der Waals surface area contributed by atoms with Crippen molar-refractivity contribution >= 4 is 11.8 Å². The second-order valence-corrected chi connectivity index (χ2v) is 9.63. The molecule has 7 nitrogen and oxygen atoms in total. The maximum absolute atomic E-state index is 12.9. The maximum Gasteiger partial charge on any atom is 0.223 e. The second-order valence-electron chi connectivity index (χ2n) is 9.63. The van der Waals surface area contributed by atoms with Crippen molar-refractivity contribution in [3.8, 4) is 0 Å². The van der Waals surface area contributed by atoms with Crippen LogP contribution in [-0.2, 0) is 23.2 Å². The summed E-state index contributed by atoms with van der Waals surface area (Å²) in [7, 11) is 2.04. The Morgan fingerprint density at radius 2 is 2.10 bits per heavy atom. The number of rotatable bonds is 6. The molecule has 160 valence electrons. The van der Waals surface area contributed by atoms with E-state index in [1.807, 2.05) is 19.4 Å². The summed E-state index contributed by atoms with van der Waals surface area (Å²) in [6.45, 7) is 7.55. The van der Waals surface area contributed by atoms with Gasteiger partial charge in [-0.1, -0.05) is 13.8 Å². The van der Waals surface area contributed by atoms with Crippen molar-refractivity contribution in [3.63, 3.8) is 0 Å². The van der Waals surface area contributed by atoms with Gasteiger partial charge in [-0.25, -0.2) is 4.98 Å². The molecule has 3 fully saturated rings. The van der Waals surface area contributed by atoms with E-state index in [0.717, 1.165) is 44.7 Å². The summed E-state index contributed by atoms with van der Waals surface area (Å²) in [6, 6.07) is 0.438. The fourth-order valence-corrected chi connectivity index (χ4v) is 5.67. The number of likely N-dealkylation sites (tertiary alicyclic amines) is 1. The Kier molecular flexibility index (Phi) is 5.95. The summed E-state index contributed by atoms with van der Waals surface area (Å²) < 4.78 is 2.09. The summed E-state index contributed by atoms with van der Waals surface area (Å²) in [5, 5.41) is 3.14. The number of carbonyl (C=O) groups is 2. The van der Waals surface area contributed by atoms with Gasteiger partial charge in [0, 0.05) is 58.0 Å². The van der Waals surface area contributed by atoms with E-state index >= 15 is 0 Å². The van der Waals surface area contributed by atoms with E-state index in [0.29, 0.717) is 43.2 Å². The van der Waals surface area contributed by atoms with Crippen LogP contribution >= 0.6 is 0 Å². The zero-order valence-electron chi connectivity index (χ0n) is 18.0. The Hall–Kier alpha value is -1.89. The van der Waals surface area contributed by atoms with Crippen LogP contribution in [-0.4, -0.2) is 62.9 Å². The third-order valence-electron chi connectivity index (χ3n) is 6.96. The summed E-state index contributed by atoms with van der Waals surface area (Å²) in [5.74, 6) is 2.76. The highest BCUT2D eigenvalue weighted by atomic mass is 16.2. The molecule has 0 aromatic carbocycles. The Balaban J connectivity index is 1.50. The van der Waals surface area contributed by atoms with Crippen molar-refractivity contribution in [1.82, 2.24) is 24.7 Å². The summed E-state index contributed by atoms with van der Waals surface area (Å²) in [4.78, 5) is 34.3. The number of amides is 2. The molecule has 2 bridgehead atoms. The maximum atomic E-state index is 12.9. The molecule has 3 saturated heterocycles. The van der Waals surface area contributed by atoms with E-state index < -0.39 is 0 Å². The number of aryl methyl sites for hydroxylation is 1. The van der Waals surface area contributed by atoms with Gasteiger partial charge in [-0.05, 0) is 37.0 Å². The predicted octanol–water partition coefficient (Wildman–Crippen LogP) is 1.78. The van der Waals surface area contributed by atoms with Gasteiger partial charge in [0.2, 0.25) is 11.8 Å². The number of nitrogens with one attached hydrogen (secondary N) is 1. The van der Waals surface area contributed by atoms with E-state index in [1.54, 1.807) is 0 Å². The van der Waals surface area contributed by atoms with Gasteiger partial charge in [-0.3, -0.25) is 14.5 Å². The Labute approximate surface area is 173 Å². The standard InChI is InChI=1S/C22H35N5O2/c1-15(2)9-21(28)24-11-19-17-10-16(18-5-4-6-22(29)27(18)19)12-26(13-17)14-20-23-7-8-25(20)3/h7-8,15-19H,4-6,9-14H2,1-3H3,(H,24,28)/t16-,17+,18+,19+/m1/s1. The van der Waals surface area contributed by atoms with Crippen molar-refractivity contribution in [2.75, 3.05) is 19.6 Å². The molecule has 1 aromatic rings. The van der Waals surface area contributed by atoms with Gasteiger partial charge in [0.25, 0.3) is 0 Å². The van der Waals surface area contributed by atoms with Crippen molar-refractivity contribution in [1.29, 1.82) is 0 Å². The van der Waals surface area contributed by atoms with Gasteiger partial charge in [-0.15, -0.1) is 0 Å². The summed E-state index contributed by atoms with van der Waals surface area (Å²) in [5.41, 5.74) is 0. The van der Waals surface area contributed by atoms with Crippen molar-refractivity contribution in [2.45, 2.75) is 64.6 Å². The molecule has 2 amide bonds. The first-order chi connectivity index (χ1) is 13.9. The number of carbonyl (C=O) groups excluding carboxylic acids is 2. The highest BCUT2D eigenvalue weighted by Gasteiger charge is 2.49. The molecule has 4 heterocycles. The lowest BCUT2D eigenvalue weighted by Gasteiger charge is -2.56. The zero-order chi connectivity index (χ0) is 20.5. The number of aromatic nitrogens is 2. The van der Waals surface area contributed by atoms with Gasteiger partial charge in [-0.2, -0.15) is 0 Å². The molecular formula is C22H35N5O2. The molecule has 3 aliphatic rings. The Morgan fingerprint density at radius 1 is 1.31 bits per heavy atom. The minimum atomic E-state index is 0.101. The number of piperidine rings is 3. The molecule has 0 spiro atoms. The van der Waals surface area contributed by atoms with E-state index in [2.05, 4.69) is 38.5 Å². The first-order valence-electron chi connectivity index (χ1n) is 11.2. The molecule has 0 aliphatic carbocycles. The summed E-state index contributed by atoms with van der Waals surface area (Å²) in [6.07, 6.45) is 8.30. The molecule has 4 atom stereocenters. The minimum absolute atomic E-state index is 0.101. The fourth-order valence-electron chi connectivity index (χ4n) is 5.67. The predicted molar refractivity (Wildman–Crippen MR) is 111 cm³/mol. The summed E-state index contributed by atoms with van der Waals surface area (Å²) >= 11 is 0. The average molecular weight is 402 g/mol. The van der Waals surface area contributed by atoms with Crippen LogP contribution in [0.2, 0.25) is 0 Å². The van der Waals surface area contributed by atoms with Crippen LogP contribution in [0.15, 0.2) is 12.4 Å². The van der Waals surface area contributed by atoms with Crippen LogP contribution in [0.1, 0.15) is 51.8 Å². The van der Waals surface area contributed by atoms with Gasteiger partial charge >= 0.3 is 0 Å². The number of hydrogen-bond acceptors (Lipinski definition) is 4. The Bertz CT molecular complexity index is 745. The SMILES string of the molecule is CC(C)CC(=O)NC[C@H]1[C@H]2C[C@H](CN(Cc3nccn3C)C2)[C@@H]2CCCC(=O)N21. The van der Waals surface area contributed by atoms with Gasteiger partial charge in [0.05, 0.1) is 12.6 Å². The van der Waals surface area contributed by atoms with Crippen molar-refractivity contribution in [3.05, 3.63) is 18.2 Å². The van der Waals surface area contributed by atoms with Gasteiger partial charge < -0.3 is 14.8 Å². The molecule has 1 N–H and O–H groups in total. The van der Waals surface area contributed by atoms with Crippen LogP contribution in [0.4, 0.5) is 0 Å². The lowest BCUT2D eigenvalue weighted by Crippen LogP contribution is -2.67. The first kappa shape index (κ1) is 20.4. The molecular weight excluding hydrogens is 366 g/mol. The highest BCUT2D eigenvalue weighted by molar-refractivity contribution is 5.78. The van der Waals surface area contributed by atoms with Gasteiger partial charge in [0.1, 0.15) is 5.82 Å². The topological polar surface area (TPSA) is 70.5 Å². The quantitative estimate of drug-likeness (QED) is 0.789. The molecule has 7 heteroatoms. The van der Waals surface area contributed by atoms with E-state index in [-0.39, 0.29) is 17.9 Å². The van der Waals surface area contributed by atoms with E-state index in [1.165, 1.54) is 0 Å². The van der Waals surface area contributed by atoms with Crippen LogP contribution in [0.25, 0.3) is 0 Å². The van der Waals surface area contributed by atoms with Crippen LogP contribution in [0, 0.1) is 17.8 Å². The molecule has 0 unspecified atom stereocenters. The van der Waals surface area contributed by atoms with Crippen LogP contribution in [0.3, 0.4) is 0 Å². The van der Waals surface area contributed by atoms with Gasteiger partial charge in [0.15, 0.2) is 0 Å². The van der Waals surface area contributed by atoms with E-state index in [9.17, 15) is 9.59 Å². The normalized spacial score (nSPS) is 29.8.